The highest BCUT2D eigenvalue weighted by Crippen LogP contribution is 2.21. The Morgan fingerprint density at radius 2 is 2.00 bits per heavy atom. The van der Waals surface area contributed by atoms with Crippen molar-refractivity contribution in [3.05, 3.63) is 11.5 Å². The molecule has 8 heavy (non-hydrogen) atoms. The Morgan fingerprint density at radius 1 is 1.50 bits per heavy atom. The maximum absolute atomic E-state index is 5.59. The van der Waals surface area contributed by atoms with Gasteiger partial charge < -0.3 is 0 Å². The number of rotatable bonds is 3. The second-order valence-electron chi connectivity index (χ2n) is 1.48. The fourth-order valence-corrected chi connectivity index (χ4v) is 1.42. The summed E-state index contributed by atoms with van der Waals surface area (Å²) in [5, 5.41) is 0.491. The Bertz CT molecular complexity index is 78.6. The first kappa shape index (κ1) is 8.44. The molecule has 1 radical (unpaired) electrons. The zero-order valence-electron chi connectivity index (χ0n) is 5.47. The zero-order valence-corrected chi connectivity index (χ0v) is 7.10. The van der Waals surface area contributed by atoms with Gasteiger partial charge in [-0.25, -0.2) is 0 Å². The van der Waals surface area contributed by atoms with Gasteiger partial charge in [-0.1, -0.05) is 6.58 Å². The van der Waals surface area contributed by atoms with E-state index in [9.17, 15) is 0 Å². The molecule has 0 aromatic heterocycles. The molecule has 47 valence electrons. The second-order valence-corrected chi connectivity index (χ2v) is 3.54. The molecule has 0 saturated carbocycles. The van der Waals surface area contributed by atoms with Gasteiger partial charge >= 0.3 is 0 Å². The normalized spacial score (nSPS) is 13.4. The van der Waals surface area contributed by atoms with Gasteiger partial charge in [0.15, 0.2) is 0 Å². The summed E-state index contributed by atoms with van der Waals surface area (Å²) in [5.74, 6) is 0. The minimum Gasteiger partial charge on any atom is -0.157 e. The Balaban J connectivity index is 3.46. The summed E-state index contributed by atoms with van der Waals surface area (Å²) < 4.78 is 0. The van der Waals surface area contributed by atoms with E-state index in [-0.39, 0.29) is 0 Å². The Morgan fingerprint density at radius 3 is 2.12 bits per heavy atom. The molecule has 0 N–H and O–H groups in total. The van der Waals surface area contributed by atoms with Crippen molar-refractivity contribution in [1.29, 1.82) is 0 Å². The van der Waals surface area contributed by atoms with E-state index in [0.717, 1.165) is 4.91 Å². The van der Waals surface area contributed by atoms with Gasteiger partial charge in [-0.2, -0.15) is 11.8 Å². The SMILES string of the molecule is [CH]=C(SC)C(C)SC. The van der Waals surface area contributed by atoms with Crippen molar-refractivity contribution in [2.24, 2.45) is 0 Å². The number of hydrogen-bond donors (Lipinski definition) is 0. The van der Waals surface area contributed by atoms with E-state index < -0.39 is 0 Å². The summed E-state index contributed by atoms with van der Waals surface area (Å²) in [6, 6.07) is 0. The summed E-state index contributed by atoms with van der Waals surface area (Å²) in [6.45, 7) is 7.69. The van der Waals surface area contributed by atoms with E-state index >= 15 is 0 Å². The molecular formula is C6H11S2. The average molecular weight is 147 g/mol. The predicted molar refractivity (Wildman–Crippen MR) is 44.3 cm³/mol. The second kappa shape index (κ2) is 4.33. The standard InChI is InChI=1S/C6H11S2/c1-5(7-3)6(2)8-4/h1,6H,2-4H3. The van der Waals surface area contributed by atoms with Crippen LogP contribution in [0.1, 0.15) is 6.92 Å². The van der Waals surface area contributed by atoms with E-state index in [0.29, 0.717) is 5.25 Å². The largest absolute Gasteiger partial charge is 0.157 e. The molecule has 0 saturated heterocycles. The van der Waals surface area contributed by atoms with Crippen LogP contribution in [-0.2, 0) is 0 Å². The van der Waals surface area contributed by atoms with E-state index in [1.807, 2.05) is 6.26 Å². The Labute approximate surface area is 60.1 Å². The van der Waals surface area contributed by atoms with Crippen molar-refractivity contribution in [3.8, 4) is 0 Å². The highest BCUT2D eigenvalue weighted by atomic mass is 32.2. The highest BCUT2D eigenvalue weighted by Gasteiger charge is 2.00. The molecule has 0 aliphatic heterocycles. The van der Waals surface area contributed by atoms with Crippen LogP contribution >= 0.6 is 23.5 Å². The van der Waals surface area contributed by atoms with Gasteiger partial charge in [0.1, 0.15) is 0 Å². The van der Waals surface area contributed by atoms with Crippen LogP contribution in [0.3, 0.4) is 0 Å². The molecule has 1 atom stereocenters. The third-order valence-corrected chi connectivity index (χ3v) is 2.93. The third-order valence-electron chi connectivity index (χ3n) is 0.990. The van der Waals surface area contributed by atoms with Crippen LogP contribution in [0.15, 0.2) is 4.91 Å². The molecule has 0 aromatic carbocycles. The molecule has 0 aromatic rings. The smallest absolute Gasteiger partial charge is 0.0325 e. The lowest BCUT2D eigenvalue weighted by Crippen LogP contribution is -1.93. The molecule has 0 nitrogen and oxygen atoms in total. The van der Waals surface area contributed by atoms with E-state index in [1.54, 1.807) is 23.5 Å². The summed E-state index contributed by atoms with van der Waals surface area (Å²) in [7, 11) is 0. The minimum atomic E-state index is 0.491. The minimum absolute atomic E-state index is 0.491. The van der Waals surface area contributed by atoms with Gasteiger partial charge in [0.2, 0.25) is 0 Å². The Kier molecular flexibility index (Phi) is 4.57. The van der Waals surface area contributed by atoms with Crippen LogP contribution in [0.2, 0.25) is 0 Å². The third kappa shape index (κ3) is 2.68. The molecule has 0 aliphatic carbocycles. The maximum Gasteiger partial charge on any atom is 0.0325 e. The van der Waals surface area contributed by atoms with E-state index in [4.69, 9.17) is 6.58 Å². The van der Waals surface area contributed by atoms with Gasteiger partial charge in [0.05, 0.1) is 0 Å². The summed E-state index contributed by atoms with van der Waals surface area (Å²) >= 11 is 3.41. The summed E-state index contributed by atoms with van der Waals surface area (Å²) in [6.07, 6.45) is 4.07. The van der Waals surface area contributed by atoms with Crippen molar-refractivity contribution in [1.82, 2.24) is 0 Å². The van der Waals surface area contributed by atoms with Crippen molar-refractivity contribution in [2.45, 2.75) is 12.2 Å². The van der Waals surface area contributed by atoms with Crippen LogP contribution in [0.4, 0.5) is 0 Å². The van der Waals surface area contributed by atoms with Crippen LogP contribution in [0.5, 0.6) is 0 Å². The van der Waals surface area contributed by atoms with Gasteiger partial charge in [-0.15, -0.1) is 11.8 Å². The molecule has 1 unspecified atom stereocenters. The topological polar surface area (TPSA) is 0 Å². The van der Waals surface area contributed by atoms with Crippen LogP contribution in [0.25, 0.3) is 0 Å². The van der Waals surface area contributed by atoms with Crippen LogP contribution in [0, 0.1) is 6.58 Å². The van der Waals surface area contributed by atoms with Crippen molar-refractivity contribution >= 4 is 23.5 Å². The highest BCUT2D eigenvalue weighted by molar-refractivity contribution is 8.05. The lowest BCUT2D eigenvalue weighted by molar-refractivity contribution is 1.23. The van der Waals surface area contributed by atoms with Crippen molar-refractivity contribution in [3.63, 3.8) is 0 Å². The molecule has 0 spiro atoms. The lowest BCUT2D eigenvalue weighted by atomic mass is 10.5. The monoisotopic (exact) mass is 147 g/mol. The Hall–Kier alpha value is 0.440. The molecule has 0 rings (SSSR count). The van der Waals surface area contributed by atoms with E-state index in [1.165, 1.54) is 0 Å². The molecule has 0 aliphatic rings. The van der Waals surface area contributed by atoms with Gasteiger partial charge in [0, 0.05) is 5.25 Å². The summed E-state index contributed by atoms with van der Waals surface area (Å²) in [5.41, 5.74) is 0. The van der Waals surface area contributed by atoms with Gasteiger partial charge in [-0.05, 0) is 24.3 Å². The first-order valence-corrected chi connectivity index (χ1v) is 4.92. The fraction of sp³-hybridized carbons (Fsp3) is 0.667. The molecule has 0 heterocycles. The molecule has 2 heteroatoms. The summed E-state index contributed by atoms with van der Waals surface area (Å²) in [4.78, 5) is 1.01. The molecule has 0 bridgehead atoms. The quantitative estimate of drug-likeness (QED) is 0.601. The lowest BCUT2D eigenvalue weighted by Gasteiger charge is -2.06. The fourth-order valence-electron chi connectivity index (χ4n) is 0.282. The maximum atomic E-state index is 5.59. The van der Waals surface area contributed by atoms with Crippen LogP contribution < -0.4 is 0 Å². The number of hydrogen-bond acceptors (Lipinski definition) is 2. The zero-order chi connectivity index (χ0) is 6.57. The number of thioether (sulfide) groups is 2. The van der Waals surface area contributed by atoms with Gasteiger partial charge in [0.25, 0.3) is 0 Å². The van der Waals surface area contributed by atoms with Gasteiger partial charge in [-0.3, -0.25) is 0 Å². The van der Waals surface area contributed by atoms with E-state index in [2.05, 4.69) is 13.2 Å². The van der Waals surface area contributed by atoms with Crippen molar-refractivity contribution < 1.29 is 0 Å². The first-order chi connectivity index (χ1) is 3.72. The first-order valence-electron chi connectivity index (χ1n) is 2.41. The molecular weight excluding hydrogens is 136 g/mol. The molecule has 0 fully saturated rings. The average Bonchev–Trinajstić information content (AvgIpc) is 1.84. The van der Waals surface area contributed by atoms with Crippen LogP contribution in [-0.4, -0.2) is 17.8 Å². The molecule has 0 amide bonds. The predicted octanol–water partition coefficient (Wildman–Crippen LogP) is 2.42. The van der Waals surface area contributed by atoms with Crippen molar-refractivity contribution in [2.75, 3.05) is 12.5 Å².